The van der Waals surface area contributed by atoms with Gasteiger partial charge < -0.3 is 52.3 Å². The molecule has 276 valence electrons. The number of carboxylic acid groups (broad SMARTS) is 1. The van der Waals surface area contributed by atoms with Gasteiger partial charge >= 0.3 is 5.97 Å². The molecule has 9 N–H and O–H groups in total. The molecule has 0 bridgehead atoms. The number of aliphatic hydroxyl groups excluding tert-OH is 1. The first kappa shape index (κ1) is 40.9. The Kier molecular flexibility index (Phi) is 16.4. The zero-order valence-electron chi connectivity index (χ0n) is 28.7. The summed E-state index contributed by atoms with van der Waals surface area (Å²) < 4.78 is 0. The molecule has 49 heavy (non-hydrogen) atoms. The van der Waals surface area contributed by atoms with Crippen LogP contribution in [0.5, 0.6) is 0 Å². The van der Waals surface area contributed by atoms with Gasteiger partial charge in [0.15, 0.2) is 0 Å². The quantitative estimate of drug-likeness (QED) is 0.0706. The Hall–Kier alpha value is -4.32. The molecule has 0 aromatic rings. The van der Waals surface area contributed by atoms with Crippen molar-refractivity contribution in [2.75, 3.05) is 39.3 Å². The van der Waals surface area contributed by atoms with Crippen LogP contribution in [0.2, 0.25) is 0 Å². The lowest BCUT2D eigenvalue weighted by Gasteiger charge is -2.29. The summed E-state index contributed by atoms with van der Waals surface area (Å²) >= 11 is 0. The summed E-state index contributed by atoms with van der Waals surface area (Å²) in [6, 6.07) is -5.25. The van der Waals surface area contributed by atoms with Gasteiger partial charge in [0.2, 0.25) is 41.4 Å². The lowest BCUT2D eigenvalue weighted by Crippen LogP contribution is -2.57. The number of amides is 7. The number of carbonyl (C=O) groups is 8. The van der Waals surface area contributed by atoms with E-state index in [4.69, 9.17) is 15.9 Å². The van der Waals surface area contributed by atoms with E-state index in [1.54, 1.807) is 13.8 Å². The van der Waals surface area contributed by atoms with Gasteiger partial charge in [-0.25, -0.2) is 4.79 Å². The Bertz CT molecular complexity index is 1230. The third-order valence-electron chi connectivity index (χ3n) is 8.71. The topological polar surface area (TPSA) is 270 Å². The highest BCUT2D eigenvalue weighted by Gasteiger charge is 2.38. The molecule has 7 amide bonds. The van der Waals surface area contributed by atoms with Crippen molar-refractivity contribution < 1.29 is 48.6 Å². The van der Waals surface area contributed by atoms with Gasteiger partial charge in [-0.2, -0.15) is 0 Å². The van der Waals surface area contributed by atoms with Crippen molar-refractivity contribution in [2.45, 2.75) is 96.4 Å². The second-order valence-electron chi connectivity index (χ2n) is 12.8. The maximum absolute atomic E-state index is 13.4. The number of nitrogens with zero attached hydrogens (tertiary/aromatic N) is 2. The van der Waals surface area contributed by atoms with E-state index in [1.165, 1.54) is 9.80 Å². The highest BCUT2D eigenvalue weighted by molar-refractivity contribution is 5.96. The summed E-state index contributed by atoms with van der Waals surface area (Å²) in [6.07, 6.45) is 2.64. The number of nitrogens with one attached hydrogen (secondary N) is 5. The minimum Gasteiger partial charge on any atom is -0.480 e. The van der Waals surface area contributed by atoms with Gasteiger partial charge in [-0.05, 0) is 43.9 Å². The first-order valence-corrected chi connectivity index (χ1v) is 16.7. The van der Waals surface area contributed by atoms with Gasteiger partial charge in [-0.3, -0.25) is 33.6 Å². The second-order valence-corrected chi connectivity index (χ2v) is 12.8. The molecule has 2 rings (SSSR count). The molecule has 0 spiro atoms. The highest BCUT2D eigenvalue weighted by Crippen LogP contribution is 2.20. The fraction of sp³-hybridized carbons (Fsp3) is 0.742. The number of rotatable bonds is 18. The number of hydrogen-bond donors (Lipinski definition) is 8. The molecule has 2 aliphatic rings. The normalized spacial score (nSPS) is 19.7. The van der Waals surface area contributed by atoms with Gasteiger partial charge in [0, 0.05) is 13.1 Å². The van der Waals surface area contributed by atoms with Crippen molar-refractivity contribution in [3.05, 3.63) is 0 Å². The lowest BCUT2D eigenvalue weighted by atomic mass is 9.97. The van der Waals surface area contributed by atoms with Crippen LogP contribution in [0.4, 0.5) is 0 Å². The largest absolute Gasteiger partial charge is 0.480 e. The molecule has 0 radical (unpaired) electrons. The molecule has 6 atom stereocenters. The van der Waals surface area contributed by atoms with Crippen molar-refractivity contribution in [1.29, 1.82) is 0 Å². The molecule has 18 heteroatoms. The molecule has 0 unspecified atom stereocenters. The summed E-state index contributed by atoms with van der Waals surface area (Å²) in [5.41, 5.74) is 5.48. The summed E-state index contributed by atoms with van der Waals surface area (Å²) in [5, 5.41) is 30.5. The summed E-state index contributed by atoms with van der Waals surface area (Å²) in [4.78, 5) is 104. The molecule has 2 fully saturated rings. The van der Waals surface area contributed by atoms with Crippen molar-refractivity contribution in [2.24, 2.45) is 17.6 Å². The zero-order chi connectivity index (χ0) is 36.8. The molecule has 0 aliphatic carbocycles. The van der Waals surface area contributed by atoms with Crippen LogP contribution in [0.3, 0.4) is 0 Å². The Morgan fingerprint density at radius 1 is 0.776 bits per heavy atom. The van der Waals surface area contributed by atoms with Crippen LogP contribution in [0.15, 0.2) is 0 Å². The zero-order valence-corrected chi connectivity index (χ0v) is 28.7. The number of likely N-dealkylation sites (tertiary alicyclic amines) is 2. The van der Waals surface area contributed by atoms with Crippen LogP contribution >= 0.6 is 0 Å². The van der Waals surface area contributed by atoms with Crippen LogP contribution in [-0.2, 0) is 38.4 Å². The van der Waals surface area contributed by atoms with Crippen molar-refractivity contribution in [1.82, 2.24) is 36.4 Å². The van der Waals surface area contributed by atoms with Crippen molar-refractivity contribution in [3.63, 3.8) is 0 Å². The standard InChI is InChI=1S/C31H52N8O10/c1-5-18(4)26(30(47)33-14-23(41)35-20(16-40)31(48)49)37-29(46)22-9-7-11-39(22)25(43)15-34-27(44)19(12-17(2)3)36-28(45)21-8-6-10-38(21)24(42)13-32/h17-22,26,40H,5-16,32H2,1-4H3,(H,33,47)(H,34,44)(H,35,41)(H,36,45)(H,37,46)(H,48,49)/t18-,19-,20-,21-,22-,26-/m0/s1. The van der Waals surface area contributed by atoms with Gasteiger partial charge in [0.25, 0.3) is 0 Å². The van der Waals surface area contributed by atoms with Crippen molar-refractivity contribution >= 4 is 47.3 Å². The van der Waals surface area contributed by atoms with Gasteiger partial charge in [0.05, 0.1) is 26.2 Å². The van der Waals surface area contributed by atoms with Gasteiger partial charge in [-0.15, -0.1) is 0 Å². The molecule has 2 saturated heterocycles. The van der Waals surface area contributed by atoms with E-state index in [9.17, 15) is 38.4 Å². The van der Waals surface area contributed by atoms with Crippen molar-refractivity contribution in [3.8, 4) is 0 Å². The number of aliphatic carboxylic acids is 1. The van der Waals surface area contributed by atoms with E-state index in [2.05, 4.69) is 26.6 Å². The molecular weight excluding hydrogens is 644 g/mol. The fourth-order valence-corrected chi connectivity index (χ4v) is 5.81. The molecule has 0 aromatic carbocycles. The van der Waals surface area contributed by atoms with Crippen LogP contribution < -0.4 is 32.3 Å². The molecule has 18 nitrogen and oxygen atoms in total. The summed E-state index contributed by atoms with van der Waals surface area (Å²) in [6.45, 7) is 5.79. The first-order valence-electron chi connectivity index (χ1n) is 16.7. The van der Waals surface area contributed by atoms with E-state index in [-0.39, 0.29) is 37.3 Å². The number of carboxylic acids is 1. The molecule has 2 aliphatic heterocycles. The molecular formula is C31H52N8O10. The van der Waals surface area contributed by atoms with Crippen LogP contribution in [-0.4, -0.2) is 137 Å². The van der Waals surface area contributed by atoms with E-state index in [0.29, 0.717) is 38.6 Å². The van der Waals surface area contributed by atoms with E-state index in [1.807, 2.05) is 13.8 Å². The number of hydrogen-bond acceptors (Lipinski definition) is 10. The molecule has 0 aromatic heterocycles. The Morgan fingerprint density at radius 3 is 1.84 bits per heavy atom. The minimum atomic E-state index is -1.54. The summed E-state index contributed by atoms with van der Waals surface area (Å²) in [5.74, 6) is -5.90. The lowest BCUT2D eigenvalue weighted by molar-refractivity contribution is -0.143. The highest BCUT2D eigenvalue weighted by atomic mass is 16.4. The third-order valence-corrected chi connectivity index (χ3v) is 8.71. The van der Waals surface area contributed by atoms with Gasteiger partial charge in [0.1, 0.15) is 30.2 Å². The first-order chi connectivity index (χ1) is 23.1. The monoisotopic (exact) mass is 696 g/mol. The average Bonchev–Trinajstić information content (AvgIpc) is 3.77. The molecule has 0 saturated carbocycles. The van der Waals surface area contributed by atoms with E-state index in [0.717, 1.165) is 0 Å². The average molecular weight is 697 g/mol. The number of carbonyl (C=O) groups excluding carboxylic acids is 7. The smallest absolute Gasteiger partial charge is 0.328 e. The van der Waals surface area contributed by atoms with Gasteiger partial charge in [-0.1, -0.05) is 34.1 Å². The van der Waals surface area contributed by atoms with Crippen LogP contribution in [0, 0.1) is 11.8 Å². The predicted molar refractivity (Wildman–Crippen MR) is 174 cm³/mol. The predicted octanol–water partition coefficient (Wildman–Crippen LogP) is -3.22. The van der Waals surface area contributed by atoms with E-state index < -0.39 is 91.3 Å². The summed E-state index contributed by atoms with van der Waals surface area (Å²) in [7, 11) is 0. The maximum atomic E-state index is 13.4. The maximum Gasteiger partial charge on any atom is 0.328 e. The van der Waals surface area contributed by atoms with E-state index >= 15 is 0 Å². The minimum absolute atomic E-state index is 0.0102. The Morgan fingerprint density at radius 2 is 1.33 bits per heavy atom. The SMILES string of the molecule is CC[C@H](C)[C@H](NC(=O)[C@@H]1CCCN1C(=O)CNC(=O)[C@H](CC(C)C)NC(=O)[C@@H]1CCCN1C(=O)CN)C(=O)NCC(=O)N[C@@H](CO)C(=O)O. The second kappa shape index (κ2) is 19.6. The molecule has 2 heterocycles. The Labute approximate surface area is 285 Å². The fourth-order valence-electron chi connectivity index (χ4n) is 5.81. The number of nitrogens with two attached hydrogens (primary N) is 1. The van der Waals surface area contributed by atoms with Crippen LogP contribution in [0.25, 0.3) is 0 Å². The van der Waals surface area contributed by atoms with Crippen LogP contribution in [0.1, 0.15) is 66.2 Å². The Balaban J connectivity index is 2.01. The number of aliphatic hydroxyl groups is 1. The third kappa shape index (κ3) is 12.0.